The van der Waals surface area contributed by atoms with Crippen molar-refractivity contribution in [2.75, 3.05) is 5.32 Å². The fraction of sp³-hybridized carbons (Fsp3) is 0.0500. The van der Waals surface area contributed by atoms with Gasteiger partial charge in [-0.15, -0.1) is 0 Å². The second-order valence-corrected chi connectivity index (χ2v) is 5.97. The van der Waals surface area contributed by atoms with E-state index in [1.165, 1.54) is 0 Å². The number of amides is 1. The lowest BCUT2D eigenvalue weighted by Gasteiger charge is -2.06. The SMILES string of the molecule is Cc1cc(=O)[nH]c2cc(NC(=O)c3cc(-c4ccccc4)on3)ccc12. The first-order chi connectivity index (χ1) is 12.6. The van der Waals surface area contributed by atoms with Crippen LogP contribution in [-0.2, 0) is 0 Å². The number of fused-ring (bicyclic) bond motifs is 1. The largest absolute Gasteiger partial charge is 0.355 e. The maximum atomic E-state index is 12.4. The van der Waals surface area contributed by atoms with E-state index >= 15 is 0 Å². The Morgan fingerprint density at radius 3 is 2.69 bits per heavy atom. The summed E-state index contributed by atoms with van der Waals surface area (Å²) in [4.78, 5) is 26.8. The molecule has 2 aromatic heterocycles. The van der Waals surface area contributed by atoms with Crippen molar-refractivity contribution in [2.24, 2.45) is 0 Å². The maximum Gasteiger partial charge on any atom is 0.277 e. The fourth-order valence-electron chi connectivity index (χ4n) is 2.83. The molecule has 0 bridgehead atoms. The van der Waals surface area contributed by atoms with Crippen LogP contribution in [0.4, 0.5) is 5.69 Å². The van der Waals surface area contributed by atoms with Gasteiger partial charge in [0.2, 0.25) is 5.56 Å². The van der Waals surface area contributed by atoms with Crippen molar-refractivity contribution in [1.29, 1.82) is 0 Å². The number of benzene rings is 2. The molecule has 0 spiro atoms. The van der Waals surface area contributed by atoms with Gasteiger partial charge in [0.25, 0.3) is 5.91 Å². The highest BCUT2D eigenvalue weighted by Crippen LogP contribution is 2.22. The molecule has 0 saturated heterocycles. The van der Waals surface area contributed by atoms with E-state index in [4.69, 9.17) is 4.52 Å². The highest BCUT2D eigenvalue weighted by Gasteiger charge is 2.14. The number of aromatic nitrogens is 2. The number of aromatic amines is 1. The Hall–Kier alpha value is -3.67. The Bertz CT molecular complexity index is 1160. The van der Waals surface area contributed by atoms with Crippen molar-refractivity contribution in [3.8, 4) is 11.3 Å². The maximum absolute atomic E-state index is 12.4. The predicted molar refractivity (Wildman–Crippen MR) is 99.2 cm³/mol. The number of hydrogen-bond acceptors (Lipinski definition) is 4. The highest BCUT2D eigenvalue weighted by atomic mass is 16.5. The molecule has 0 atom stereocenters. The zero-order chi connectivity index (χ0) is 18.1. The number of carbonyl (C=O) groups is 1. The van der Waals surface area contributed by atoms with Crippen LogP contribution in [0.2, 0.25) is 0 Å². The summed E-state index contributed by atoms with van der Waals surface area (Å²) in [6.45, 7) is 1.87. The van der Waals surface area contributed by atoms with E-state index in [1.54, 1.807) is 24.3 Å². The molecule has 6 heteroatoms. The minimum Gasteiger partial charge on any atom is -0.355 e. The van der Waals surface area contributed by atoms with Gasteiger partial charge in [-0.3, -0.25) is 9.59 Å². The third-order valence-electron chi connectivity index (χ3n) is 4.11. The molecule has 0 aliphatic carbocycles. The molecule has 4 rings (SSSR count). The van der Waals surface area contributed by atoms with Gasteiger partial charge < -0.3 is 14.8 Å². The Balaban J connectivity index is 1.60. The minimum atomic E-state index is -0.384. The lowest BCUT2D eigenvalue weighted by molar-refractivity contribution is 0.101. The quantitative estimate of drug-likeness (QED) is 0.592. The van der Waals surface area contributed by atoms with Crippen LogP contribution in [0.25, 0.3) is 22.2 Å². The first kappa shape index (κ1) is 15.8. The molecule has 4 aromatic rings. The molecule has 0 unspecified atom stereocenters. The van der Waals surface area contributed by atoms with Gasteiger partial charge in [0, 0.05) is 28.8 Å². The number of hydrogen-bond donors (Lipinski definition) is 2. The fourth-order valence-corrected chi connectivity index (χ4v) is 2.83. The monoisotopic (exact) mass is 345 g/mol. The van der Waals surface area contributed by atoms with E-state index in [1.807, 2.05) is 43.3 Å². The number of pyridine rings is 1. The van der Waals surface area contributed by atoms with Crippen molar-refractivity contribution in [3.63, 3.8) is 0 Å². The number of rotatable bonds is 3. The summed E-state index contributed by atoms with van der Waals surface area (Å²) in [7, 11) is 0. The standard InChI is InChI=1S/C20H15N3O3/c1-12-9-19(24)22-16-10-14(7-8-15(12)16)21-20(25)17-11-18(26-23-17)13-5-3-2-4-6-13/h2-11H,1H3,(H,21,25)(H,22,24). The normalized spacial score (nSPS) is 10.8. The van der Waals surface area contributed by atoms with Crippen molar-refractivity contribution in [2.45, 2.75) is 6.92 Å². The van der Waals surface area contributed by atoms with Crippen LogP contribution in [0, 0.1) is 6.92 Å². The van der Waals surface area contributed by atoms with Crippen molar-refractivity contribution < 1.29 is 9.32 Å². The molecule has 2 N–H and O–H groups in total. The van der Waals surface area contributed by atoms with Crippen LogP contribution in [0.5, 0.6) is 0 Å². The average Bonchev–Trinajstić information content (AvgIpc) is 3.12. The summed E-state index contributed by atoms with van der Waals surface area (Å²) in [5.74, 6) is 0.138. The molecular formula is C20H15N3O3. The number of carbonyl (C=O) groups excluding carboxylic acids is 1. The van der Waals surface area contributed by atoms with Crippen LogP contribution in [-0.4, -0.2) is 16.0 Å². The average molecular weight is 345 g/mol. The summed E-state index contributed by atoms with van der Waals surface area (Å²) < 4.78 is 5.25. The van der Waals surface area contributed by atoms with Gasteiger partial charge in [0.1, 0.15) is 0 Å². The Labute approximate surface area is 148 Å². The number of aryl methyl sites for hydroxylation is 1. The molecular weight excluding hydrogens is 330 g/mol. The van der Waals surface area contributed by atoms with Gasteiger partial charge in [-0.05, 0) is 24.6 Å². The van der Waals surface area contributed by atoms with E-state index in [0.717, 1.165) is 16.5 Å². The lowest BCUT2D eigenvalue weighted by atomic mass is 10.1. The third-order valence-corrected chi connectivity index (χ3v) is 4.11. The summed E-state index contributed by atoms with van der Waals surface area (Å²) in [6, 6.07) is 17.9. The Kier molecular flexibility index (Phi) is 3.85. The van der Waals surface area contributed by atoms with E-state index < -0.39 is 0 Å². The molecule has 128 valence electrons. The summed E-state index contributed by atoms with van der Waals surface area (Å²) in [5, 5.41) is 7.53. The molecule has 0 aliphatic heterocycles. The second-order valence-electron chi connectivity index (χ2n) is 5.97. The molecule has 26 heavy (non-hydrogen) atoms. The molecule has 1 amide bonds. The zero-order valence-corrected chi connectivity index (χ0v) is 13.9. The molecule has 0 fully saturated rings. The van der Waals surface area contributed by atoms with E-state index in [2.05, 4.69) is 15.5 Å². The van der Waals surface area contributed by atoms with Crippen LogP contribution in [0.3, 0.4) is 0 Å². The first-order valence-electron chi connectivity index (χ1n) is 8.07. The lowest BCUT2D eigenvalue weighted by Crippen LogP contribution is -2.12. The second kappa shape index (κ2) is 6.33. The van der Waals surface area contributed by atoms with E-state index in [0.29, 0.717) is 17.0 Å². The van der Waals surface area contributed by atoms with Crippen molar-refractivity contribution >= 4 is 22.5 Å². The number of nitrogens with zero attached hydrogens (tertiary/aromatic N) is 1. The van der Waals surface area contributed by atoms with Gasteiger partial charge in [0.15, 0.2) is 11.5 Å². The molecule has 2 heterocycles. The first-order valence-corrected chi connectivity index (χ1v) is 8.07. The third kappa shape index (κ3) is 3.00. The topological polar surface area (TPSA) is 88.0 Å². The molecule has 0 aliphatic rings. The Morgan fingerprint density at radius 2 is 1.88 bits per heavy atom. The van der Waals surface area contributed by atoms with Crippen LogP contribution in [0.1, 0.15) is 16.1 Å². The van der Waals surface area contributed by atoms with Gasteiger partial charge >= 0.3 is 0 Å². The van der Waals surface area contributed by atoms with Crippen molar-refractivity contribution in [1.82, 2.24) is 10.1 Å². The minimum absolute atomic E-state index is 0.178. The van der Waals surface area contributed by atoms with Gasteiger partial charge in [-0.2, -0.15) is 0 Å². The molecule has 0 radical (unpaired) electrons. The molecule has 2 aromatic carbocycles. The summed E-state index contributed by atoms with van der Waals surface area (Å²) >= 11 is 0. The zero-order valence-electron chi connectivity index (χ0n) is 13.9. The van der Waals surface area contributed by atoms with E-state index in [9.17, 15) is 9.59 Å². The smallest absolute Gasteiger partial charge is 0.277 e. The van der Waals surface area contributed by atoms with Crippen LogP contribution < -0.4 is 10.9 Å². The summed E-state index contributed by atoms with van der Waals surface area (Å²) in [5.41, 5.74) is 2.96. The van der Waals surface area contributed by atoms with Gasteiger partial charge in [-0.1, -0.05) is 41.6 Å². The predicted octanol–water partition coefficient (Wildman–Crippen LogP) is 3.74. The van der Waals surface area contributed by atoms with Crippen LogP contribution in [0.15, 0.2) is 70.0 Å². The van der Waals surface area contributed by atoms with Gasteiger partial charge in [0.05, 0.1) is 5.52 Å². The highest BCUT2D eigenvalue weighted by molar-refractivity contribution is 6.04. The van der Waals surface area contributed by atoms with Crippen molar-refractivity contribution in [3.05, 3.63) is 82.3 Å². The number of nitrogens with one attached hydrogen (secondary N) is 2. The van der Waals surface area contributed by atoms with Gasteiger partial charge in [-0.25, -0.2) is 0 Å². The van der Waals surface area contributed by atoms with Crippen LogP contribution >= 0.6 is 0 Å². The number of anilines is 1. The molecule has 6 nitrogen and oxygen atoms in total. The number of H-pyrrole nitrogens is 1. The summed E-state index contributed by atoms with van der Waals surface area (Å²) in [6.07, 6.45) is 0. The molecule has 0 saturated carbocycles. The van der Waals surface area contributed by atoms with E-state index in [-0.39, 0.29) is 17.2 Å². The Morgan fingerprint density at radius 1 is 1.08 bits per heavy atom.